The quantitative estimate of drug-likeness (QED) is 0.519. The van der Waals surface area contributed by atoms with Crippen molar-refractivity contribution >= 4 is 15.7 Å². The van der Waals surface area contributed by atoms with E-state index in [2.05, 4.69) is 4.98 Å². The van der Waals surface area contributed by atoms with E-state index in [9.17, 15) is 18.0 Å². The molecule has 1 amide bonds. The van der Waals surface area contributed by atoms with Crippen LogP contribution in [0, 0.1) is 0 Å². The number of carbonyl (C=O) groups is 1. The van der Waals surface area contributed by atoms with Crippen LogP contribution in [0.3, 0.4) is 0 Å². The van der Waals surface area contributed by atoms with Crippen LogP contribution in [0.4, 0.5) is 0 Å². The van der Waals surface area contributed by atoms with Crippen molar-refractivity contribution < 1.29 is 23.2 Å². The molecule has 2 rings (SSSR count). The molecular weight excluding hydrogens is 374 g/mol. The molecule has 10 heteroatoms. The average molecular weight is 395 g/mol. The lowest BCUT2D eigenvalue weighted by atomic mass is 10.1. The second-order valence-electron chi connectivity index (χ2n) is 6.23. The van der Waals surface area contributed by atoms with Gasteiger partial charge in [-0.25, -0.2) is 18.9 Å². The molecule has 0 aliphatic rings. The number of hydrogen-bond acceptors (Lipinski definition) is 7. The molecular formula is C17H21N3O6S. The number of carbonyl (C=O) groups excluding carboxylic acids is 1. The second-order valence-corrected chi connectivity index (χ2v) is 8.68. The fourth-order valence-electron chi connectivity index (χ4n) is 2.46. The van der Waals surface area contributed by atoms with Crippen molar-refractivity contribution in [1.82, 2.24) is 15.0 Å². The Morgan fingerprint density at radius 3 is 2.52 bits per heavy atom. The smallest absolute Gasteiger partial charge is 0.264 e. The van der Waals surface area contributed by atoms with Gasteiger partial charge in [-0.3, -0.25) is 14.8 Å². The molecule has 2 aromatic rings. The van der Waals surface area contributed by atoms with Crippen LogP contribution in [-0.4, -0.2) is 47.2 Å². The minimum absolute atomic E-state index is 0.0169. The Bertz CT molecular complexity index is 984. The van der Waals surface area contributed by atoms with Crippen LogP contribution < -0.4 is 15.8 Å². The van der Waals surface area contributed by atoms with Gasteiger partial charge in [0.05, 0.1) is 7.11 Å². The van der Waals surface area contributed by atoms with E-state index < -0.39 is 20.5 Å². The average Bonchev–Trinajstić information content (AvgIpc) is 2.65. The maximum Gasteiger partial charge on any atom is 0.264 e. The maximum absolute atomic E-state index is 12.4. The lowest BCUT2D eigenvalue weighted by Gasteiger charge is -2.25. The standard InChI is InChI=1S/C17H21N3O6S/c1-17(16(22)19-23,27(3,24)25)7-9-20-8-6-12(10-15(20)21)13-4-5-14(26-2)18-11-13/h4-6,8,10-11,23H,7,9H2,1-3H3,(H,19,22). The minimum atomic E-state index is -3.82. The van der Waals surface area contributed by atoms with Crippen LogP contribution in [0.1, 0.15) is 13.3 Å². The molecule has 1 unspecified atom stereocenters. The number of aryl methyl sites for hydroxylation is 1. The van der Waals surface area contributed by atoms with Crippen LogP contribution >= 0.6 is 0 Å². The SMILES string of the molecule is COc1ccc(-c2ccn(CCC(C)(C(=O)NO)S(C)(=O)=O)c(=O)c2)cn1. The van der Waals surface area contributed by atoms with Crippen molar-refractivity contribution in [3.63, 3.8) is 0 Å². The van der Waals surface area contributed by atoms with Gasteiger partial charge in [0.1, 0.15) is 0 Å². The Morgan fingerprint density at radius 2 is 2.04 bits per heavy atom. The molecule has 27 heavy (non-hydrogen) atoms. The Labute approximate surface area is 156 Å². The van der Waals surface area contributed by atoms with E-state index in [0.717, 1.165) is 11.8 Å². The number of pyridine rings is 2. The molecule has 2 aromatic heterocycles. The zero-order valence-electron chi connectivity index (χ0n) is 15.2. The van der Waals surface area contributed by atoms with Crippen molar-refractivity contribution in [2.45, 2.75) is 24.6 Å². The molecule has 0 aromatic carbocycles. The lowest BCUT2D eigenvalue weighted by Crippen LogP contribution is -2.49. The van der Waals surface area contributed by atoms with Crippen LogP contribution in [0.15, 0.2) is 41.5 Å². The predicted molar refractivity (Wildman–Crippen MR) is 98.3 cm³/mol. The van der Waals surface area contributed by atoms with Crippen molar-refractivity contribution in [3.8, 4) is 17.0 Å². The first-order chi connectivity index (χ1) is 12.6. The number of hydroxylamine groups is 1. The molecule has 0 radical (unpaired) electrons. The fourth-order valence-corrected chi connectivity index (χ4v) is 3.31. The van der Waals surface area contributed by atoms with E-state index >= 15 is 0 Å². The summed E-state index contributed by atoms with van der Waals surface area (Å²) in [5, 5.41) is 8.84. The van der Waals surface area contributed by atoms with Crippen molar-refractivity contribution in [2.24, 2.45) is 0 Å². The second kappa shape index (κ2) is 7.89. The normalized spacial score (nSPS) is 13.6. The van der Waals surface area contributed by atoms with Crippen molar-refractivity contribution in [3.05, 3.63) is 47.0 Å². The van der Waals surface area contributed by atoms with Gasteiger partial charge < -0.3 is 9.30 Å². The van der Waals surface area contributed by atoms with Gasteiger partial charge in [-0.15, -0.1) is 0 Å². The van der Waals surface area contributed by atoms with E-state index in [0.29, 0.717) is 11.4 Å². The number of aromatic nitrogens is 2. The Hall–Kier alpha value is -2.72. The van der Waals surface area contributed by atoms with E-state index in [-0.39, 0.29) is 18.5 Å². The zero-order chi connectivity index (χ0) is 20.2. The number of ether oxygens (including phenoxy) is 1. The summed E-state index contributed by atoms with van der Waals surface area (Å²) in [6, 6.07) is 6.52. The number of sulfone groups is 1. The monoisotopic (exact) mass is 395 g/mol. The molecule has 9 nitrogen and oxygen atoms in total. The largest absolute Gasteiger partial charge is 0.481 e. The van der Waals surface area contributed by atoms with Gasteiger partial charge in [-0.05, 0) is 31.0 Å². The summed E-state index contributed by atoms with van der Waals surface area (Å²) in [5.41, 5.74) is 2.39. The third-order valence-electron chi connectivity index (χ3n) is 4.50. The first-order valence-electron chi connectivity index (χ1n) is 7.97. The molecule has 0 saturated carbocycles. The van der Waals surface area contributed by atoms with Crippen LogP contribution in [0.2, 0.25) is 0 Å². The molecule has 0 spiro atoms. The summed E-state index contributed by atoms with van der Waals surface area (Å²) in [6.07, 6.45) is 3.82. The van der Waals surface area contributed by atoms with Gasteiger partial charge in [0, 0.05) is 42.9 Å². The summed E-state index contributed by atoms with van der Waals surface area (Å²) < 4.78 is 28.4. The third kappa shape index (κ3) is 4.34. The zero-order valence-corrected chi connectivity index (χ0v) is 16.0. The van der Waals surface area contributed by atoms with E-state index in [1.54, 1.807) is 24.4 Å². The number of rotatable bonds is 7. The fraction of sp³-hybridized carbons (Fsp3) is 0.353. The van der Waals surface area contributed by atoms with Gasteiger partial charge in [-0.2, -0.15) is 0 Å². The lowest BCUT2D eigenvalue weighted by molar-refractivity contribution is -0.131. The third-order valence-corrected chi connectivity index (χ3v) is 6.53. The van der Waals surface area contributed by atoms with E-state index in [1.165, 1.54) is 36.3 Å². The molecule has 0 saturated heterocycles. The molecule has 0 fully saturated rings. The Morgan fingerprint density at radius 1 is 1.33 bits per heavy atom. The van der Waals surface area contributed by atoms with Gasteiger partial charge in [0.15, 0.2) is 14.6 Å². The van der Waals surface area contributed by atoms with E-state index in [1.807, 2.05) is 0 Å². The minimum Gasteiger partial charge on any atom is -0.481 e. The summed E-state index contributed by atoms with van der Waals surface area (Å²) in [4.78, 5) is 28.3. The molecule has 1 atom stereocenters. The predicted octanol–water partition coefficient (Wildman–Crippen LogP) is 0.618. The summed E-state index contributed by atoms with van der Waals surface area (Å²) >= 11 is 0. The molecule has 2 heterocycles. The highest BCUT2D eigenvalue weighted by molar-refractivity contribution is 7.92. The Kier molecular flexibility index (Phi) is 6.01. The number of nitrogens with zero attached hydrogens (tertiary/aromatic N) is 2. The highest BCUT2D eigenvalue weighted by Crippen LogP contribution is 2.22. The van der Waals surface area contributed by atoms with Gasteiger partial charge in [-0.1, -0.05) is 0 Å². The van der Waals surface area contributed by atoms with Crippen LogP contribution in [-0.2, 0) is 21.2 Å². The summed E-state index contributed by atoms with van der Waals surface area (Å²) in [7, 11) is -2.32. The van der Waals surface area contributed by atoms with Gasteiger partial charge >= 0.3 is 0 Å². The Balaban J connectivity index is 2.25. The van der Waals surface area contributed by atoms with Crippen LogP contribution in [0.25, 0.3) is 11.1 Å². The molecule has 0 bridgehead atoms. The highest BCUT2D eigenvalue weighted by Gasteiger charge is 2.43. The number of amides is 1. The van der Waals surface area contributed by atoms with Gasteiger partial charge in [0.2, 0.25) is 5.88 Å². The van der Waals surface area contributed by atoms with E-state index in [4.69, 9.17) is 9.94 Å². The molecule has 0 aliphatic carbocycles. The molecule has 2 N–H and O–H groups in total. The topological polar surface area (TPSA) is 128 Å². The van der Waals surface area contributed by atoms with Crippen molar-refractivity contribution in [2.75, 3.05) is 13.4 Å². The van der Waals surface area contributed by atoms with Gasteiger partial charge in [0.25, 0.3) is 11.5 Å². The summed E-state index contributed by atoms with van der Waals surface area (Å²) in [6.45, 7) is 1.19. The maximum atomic E-state index is 12.4. The highest BCUT2D eigenvalue weighted by atomic mass is 32.2. The summed E-state index contributed by atoms with van der Waals surface area (Å²) in [5.74, 6) is -0.590. The molecule has 146 valence electrons. The number of methoxy groups -OCH3 is 1. The molecule has 0 aliphatic heterocycles. The first kappa shape index (κ1) is 20.6. The first-order valence-corrected chi connectivity index (χ1v) is 9.86. The van der Waals surface area contributed by atoms with Crippen LogP contribution in [0.5, 0.6) is 5.88 Å². The van der Waals surface area contributed by atoms with Crippen molar-refractivity contribution in [1.29, 1.82) is 0 Å². The number of nitrogens with one attached hydrogen (secondary N) is 1. The number of hydrogen-bond donors (Lipinski definition) is 2.